The van der Waals surface area contributed by atoms with Crippen molar-refractivity contribution in [2.75, 3.05) is 16.8 Å². The third-order valence-electron chi connectivity index (χ3n) is 5.27. The maximum atomic E-state index is 13.1. The normalized spacial score (nSPS) is 10.8. The molecule has 6 N–H and O–H groups in total. The molecule has 166 valence electrons. The molecule has 0 aliphatic rings. The predicted octanol–water partition coefficient (Wildman–Crippen LogP) is 3.73. The fourth-order valence-corrected chi connectivity index (χ4v) is 4.76. The molecule has 3 aromatic heterocycles. The van der Waals surface area contributed by atoms with Gasteiger partial charge in [-0.2, -0.15) is 5.26 Å². The number of para-hydroxylation sites is 1. The van der Waals surface area contributed by atoms with Crippen LogP contribution in [-0.4, -0.2) is 20.7 Å². The molecule has 0 fully saturated rings. The Morgan fingerprint density at radius 3 is 2.44 bits per heavy atom. The van der Waals surface area contributed by atoms with E-state index in [4.69, 9.17) is 11.5 Å². The number of nitrogens with one attached hydrogen (secondary N) is 2. The topological polar surface area (TPSA) is 156 Å². The molecule has 3 heterocycles. The van der Waals surface area contributed by atoms with Crippen LogP contribution in [0.3, 0.4) is 0 Å². The molecule has 2 aromatic carbocycles. The zero-order chi connectivity index (χ0) is 23.8. The minimum Gasteiger partial charge on any atom is -0.397 e. The number of nitrogen functional groups attached to an aromatic ring is 2. The molecular formula is C24H17N7O2S. The van der Waals surface area contributed by atoms with E-state index in [0.29, 0.717) is 21.5 Å². The van der Waals surface area contributed by atoms with Gasteiger partial charge in [-0.3, -0.25) is 14.7 Å². The van der Waals surface area contributed by atoms with Gasteiger partial charge in [0.2, 0.25) is 0 Å². The van der Waals surface area contributed by atoms with Crippen LogP contribution in [0, 0.1) is 11.3 Å². The zero-order valence-electron chi connectivity index (χ0n) is 17.6. The molecule has 0 unspecified atom stereocenters. The van der Waals surface area contributed by atoms with Crippen LogP contribution in [0.4, 0.5) is 17.3 Å². The van der Waals surface area contributed by atoms with Crippen LogP contribution in [0.5, 0.6) is 0 Å². The molecule has 0 saturated heterocycles. The summed E-state index contributed by atoms with van der Waals surface area (Å²) in [5.74, 6) is -0.242. The minimum atomic E-state index is -0.516. The lowest BCUT2D eigenvalue weighted by Gasteiger charge is -2.09. The number of nitrogens with two attached hydrogens (primary N) is 2. The van der Waals surface area contributed by atoms with Gasteiger partial charge in [-0.25, -0.2) is 9.67 Å². The summed E-state index contributed by atoms with van der Waals surface area (Å²) in [5, 5.41) is 15.8. The van der Waals surface area contributed by atoms with E-state index in [-0.39, 0.29) is 33.3 Å². The largest absolute Gasteiger partial charge is 0.397 e. The first-order valence-corrected chi connectivity index (χ1v) is 11.0. The smallest absolute Gasteiger partial charge is 0.273 e. The molecule has 34 heavy (non-hydrogen) atoms. The van der Waals surface area contributed by atoms with Gasteiger partial charge in [0.15, 0.2) is 0 Å². The van der Waals surface area contributed by atoms with Crippen molar-refractivity contribution >= 4 is 44.8 Å². The number of amides is 1. The average Bonchev–Trinajstić information content (AvgIpc) is 3.38. The first kappa shape index (κ1) is 21.0. The van der Waals surface area contributed by atoms with Crippen molar-refractivity contribution in [2.45, 2.75) is 0 Å². The molecule has 9 nitrogen and oxygen atoms in total. The Hall–Kier alpha value is -4.88. The molecule has 5 rings (SSSR count). The van der Waals surface area contributed by atoms with Crippen LogP contribution >= 0.6 is 11.3 Å². The van der Waals surface area contributed by atoms with Crippen LogP contribution in [0.15, 0.2) is 71.5 Å². The number of carbonyl (C=O) groups is 1. The highest BCUT2D eigenvalue weighted by molar-refractivity contribution is 7.21. The average molecular weight is 468 g/mol. The Labute approximate surface area is 196 Å². The maximum Gasteiger partial charge on any atom is 0.273 e. The van der Waals surface area contributed by atoms with Crippen molar-refractivity contribution in [2.24, 2.45) is 0 Å². The number of benzene rings is 2. The van der Waals surface area contributed by atoms with Crippen molar-refractivity contribution in [3.05, 3.63) is 87.5 Å². The summed E-state index contributed by atoms with van der Waals surface area (Å²) in [6, 6.07) is 21.6. The number of fused-ring (bicyclic) bond motifs is 1. The molecular weight excluding hydrogens is 450 g/mol. The number of anilines is 3. The SMILES string of the molecule is N#Cc1c(N)nc2sc(C(=O)Nc3cc(=O)n(-c4ccccc4)[nH]3)c(N)c2c1-c1ccccc1. The summed E-state index contributed by atoms with van der Waals surface area (Å²) in [5.41, 5.74) is 14.4. The van der Waals surface area contributed by atoms with Gasteiger partial charge in [0.25, 0.3) is 11.5 Å². The van der Waals surface area contributed by atoms with Crippen molar-refractivity contribution in [1.29, 1.82) is 5.26 Å². The van der Waals surface area contributed by atoms with E-state index in [2.05, 4.69) is 21.5 Å². The molecule has 1 amide bonds. The Bertz CT molecular complexity index is 1640. The Morgan fingerprint density at radius 2 is 1.76 bits per heavy atom. The number of thiophene rings is 1. The van der Waals surface area contributed by atoms with Gasteiger partial charge in [-0.1, -0.05) is 48.5 Å². The number of rotatable bonds is 4. The van der Waals surface area contributed by atoms with E-state index in [1.54, 1.807) is 24.3 Å². The standard InChI is InChI=1S/C24H17N7O2S/c25-12-15-18(13-7-3-1-4-8-13)19-20(26)21(34-24(19)29-22(15)27)23(33)28-16-11-17(32)31(30-16)14-9-5-2-6-10-14/h1-11,30H,26H2,(H2,27,29)(H,28,33). The molecule has 5 aromatic rings. The van der Waals surface area contributed by atoms with Crippen LogP contribution in [0.25, 0.3) is 27.0 Å². The first-order valence-electron chi connectivity index (χ1n) is 10.1. The summed E-state index contributed by atoms with van der Waals surface area (Å²) in [6.07, 6.45) is 0. The monoisotopic (exact) mass is 467 g/mol. The van der Waals surface area contributed by atoms with E-state index < -0.39 is 5.91 Å². The molecule has 0 radical (unpaired) electrons. The minimum absolute atomic E-state index is 0.0614. The molecule has 0 atom stereocenters. The van der Waals surface area contributed by atoms with Crippen molar-refractivity contribution in [1.82, 2.24) is 14.8 Å². The predicted molar refractivity (Wildman–Crippen MR) is 133 cm³/mol. The van der Waals surface area contributed by atoms with Gasteiger partial charge in [0.05, 0.1) is 11.4 Å². The van der Waals surface area contributed by atoms with E-state index in [0.717, 1.165) is 16.9 Å². The number of nitriles is 1. The molecule has 0 aliphatic carbocycles. The summed E-state index contributed by atoms with van der Waals surface area (Å²) in [6.45, 7) is 0. The number of H-pyrrole nitrogens is 1. The second-order valence-electron chi connectivity index (χ2n) is 7.38. The number of nitrogens with zero attached hydrogens (tertiary/aromatic N) is 3. The first-order chi connectivity index (χ1) is 16.5. The van der Waals surface area contributed by atoms with E-state index in [9.17, 15) is 14.9 Å². The van der Waals surface area contributed by atoms with Crippen molar-refractivity contribution in [3.63, 3.8) is 0 Å². The van der Waals surface area contributed by atoms with Crippen LogP contribution in [-0.2, 0) is 0 Å². The lowest BCUT2D eigenvalue weighted by molar-refractivity contribution is 0.103. The van der Waals surface area contributed by atoms with E-state index in [1.165, 1.54) is 10.7 Å². The highest BCUT2D eigenvalue weighted by Gasteiger charge is 2.24. The molecule has 0 spiro atoms. The van der Waals surface area contributed by atoms with Crippen molar-refractivity contribution in [3.8, 4) is 22.9 Å². The number of aromatic nitrogens is 3. The molecule has 0 saturated carbocycles. The highest BCUT2D eigenvalue weighted by Crippen LogP contribution is 2.42. The molecule has 0 bridgehead atoms. The van der Waals surface area contributed by atoms with Crippen LogP contribution < -0.4 is 22.3 Å². The number of hydrogen-bond acceptors (Lipinski definition) is 7. The number of aromatic amines is 1. The number of hydrogen-bond donors (Lipinski definition) is 4. The highest BCUT2D eigenvalue weighted by atomic mass is 32.1. The fraction of sp³-hybridized carbons (Fsp3) is 0. The molecule has 10 heteroatoms. The number of carbonyl (C=O) groups excluding carboxylic acids is 1. The summed E-state index contributed by atoms with van der Waals surface area (Å²) in [7, 11) is 0. The summed E-state index contributed by atoms with van der Waals surface area (Å²) in [4.78, 5) is 30.4. The van der Waals surface area contributed by atoms with Gasteiger partial charge in [0.1, 0.15) is 33.0 Å². The third-order valence-corrected chi connectivity index (χ3v) is 6.37. The van der Waals surface area contributed by atoms with Crippen LogP contribution in [0.2, 0.25) is 0 Å². The molecule has 0 aliphatic heterocycles. The Morgan fingerprint density at radius 1 is 1.09 bits per heavy atom. The fourth-order valence-electron chi connectivity index (χ4n) is 3.75. The quantitative estimate of drug-likeness (QED) is 0.316. The van der Waals surface area contributed by atoms with E-state index >= 15 is 0 Å². The van der Waals surface area contributed by atoms with E-state index in [1.807, 2.05) is 36.4 Å². The lowest BCUT2D eigenvalue weighted by atomic mass is 9.97. The zero-order valence-corrected chi connectivity index (χ0v) is 18.4. The van der Waals surface area contributed by atoms with Crippen LogP contribution in [0.1, 0.15) is 15.2 Å². The van der Waals surface area contributed by atoms with Gasteiger partial charge in [-0.05, 0) is 17.7 Å². The lowest BCUT2D eigenvalue weighted by Crippen LogP contribution is -2.13. The van der Waals surface area contributed by atoms with Crippen molar-refractivity contribution < 1.29 is 4.79 Å². The van der Waals surface area contributed by atoms with Gasteiger partial charge < -0.3 is 16.8 Å². The Kier molecular flexibility index (Phi) is 5.08. The Balaban J connectivity index is 1.58. The third kappa shape index (κ3) is 3.46. The second-order valence-corrected chi connectivity index (χ2v) is 8.38. The van der Waals surface area contributed by atoms with Gasteiger partial charge >= 0.3 is 0 Å². The van der Waals surface area contributed by atoms with Gasteiger partial charge in [0, 0.05) is 17.0 Å². The van der Waals surface area contributed by atoms with Gasteiger partial charge in [-0.15, -0.1) is 11.3 Å². The summed E-state index contributed by atoms with van der Waals surface area (Å²) < 4.78 is 1.32. The second kappa shape index (κ2) is 8.23. The summed E-state index contributed by atoms with van der Waals surface area (Å²) >= 11 is 1.06. The maximum absolute atomic E-state index is 13.1. The number of pyridine rings is 1.